The van der Waals surface area contributed by atoms with Crippen LogP contribution in [0.25, 0.3) is 0 Å². The van der Waals surface area contributed by atoms with Crippen molar-refractivity contribution >= 4 is 21.6 Å². The van der Waals surface area contributed by atoms with Crippen molar-refractivity contribution in [2.75, 3.05) is 11.3 Å². The predicted octanol–water partition coefficient (Wildman–Crippen LogP) is 3.73. The van der Waals surface area contributed by atoms with Gasteiger partial charge < -0.3 is 9.32 Å². The quantitative estimate of drug-likeness (QED) is 0.706. The highest BCUT2D eigenvalue weighted by atomic mass is 32.2. The molecule has 1 N–H and O–H groups in total. The largest absolute Gasteiger partial charge is 0.459 e. The van der Waals surface area contributed by atoms with E-state index in [4.69, 9.17) is 4.42 Å². The monoisotopic (exact) mass is 414 g/mol. The topological polar surface area (TPSA) is 79.6 Å². The second-order valence-electron chi connectivity index (χ2n) is 6.95. The number of carbonyl (C=O) groups is 1. The molecule has 0 bridgehead atoms. The van der Waals surface area contributed by atoms with Crippen molar-refractivity contribution in [1.29, 1.82) is 0 Å². The number of aryl methyl sites for hydroxylation is 1. The molecule has 0 radical (unpaired) electrons. The summed E-state index contributed by atoms with van der Waals surface area (Å²) < 4.78 is 46.7. The number of halogens is 1. The van der Waals surface area contributed by atoms with Gasteiger partial charge in [-0.3, -0.25) is 9.52 Å². The SMILES string of the molecule is Cc1ccc(F)cc1S(=O)(=O)Nc1ccc2c(c1)CN(C(=O)c1ccco1)CC2. The van der Waals surface area contributed by atoms with E-state index in [0.717, 1.165) is 17.2 Å². The Labute approximate surface area is 168 Å². The van der Waals surface area contributed by atoms with Gasteiger partial charge in [-0.15, -0.1) is 0 Å². The van der Waals surface area contributed by atoms with Crippen LogP contribution in [0.15, 0.2) is 64.1 Å². The summed E-state index contributed by atoms with van der Waals surface area (Å²) in [5.74, 6) is -0.553. The van der Waals surface area contributed by atoms with Crippen molar-refractivity contribution in [3.05, 3.63) is 83.1 Å². The van der Waals surface area contributed by atoms with Crippen LogP contribution < -0.4 is 4.72 Å². The van der Waals surface area contributed by atoms with Crippen LogP contribution in [0.2, 0.25) is 0 Å². The van der Waals surface area contributed by atoms with E-state index in [1.165, 1.54) is 18.4 Å². The van der Waals surface area contributed by atoms with E-state index in [1.54, 1.807) is 36.1 Å². The molecule has 1 aliphatic rings. The van der Waals surface area contributed by atoms with Gasteiger partial charge in [0.1, 0.15) is 5.82 Å². The Morgan fingerprint density at radius 2 is 1.97 bits per heavy atom. The average Bonchev–Trinajstić information content (AvgIpc) is 3.23. The fourth-order valence-corrected chi connectivity index (χ4v) is 4.73. The number of carbonyl (C=O) groups excluding carboxylic acids is 1. The van der Waals surface area contributed by atoms with E-state index in [-0.39, 0.29) is 16.6 Å². The molecule has 1 aliphatic heterocycles. The number of nitrogens with one attached hydrogen (secondary N) is 1. The summed E-state index contributed by atoms with van der Waals surface area (Å²) in [5.41, 5.74) is 2.72. The standard InChI is InChI=1S/C21H19FN2O4S/c1-14-4-6-17(22)12-20(14)29(26,27)23-18-7-5-15-8-9-24(13-16(15)11-18)21(25)19-3-2-10-28-19/h2-7,10-12,23H,8-9,13H2,1H3. The fraction of sp³-hybridized carbons (Fsp3) is 0.190. The number of sulfonamides is 1. The van der Waals surface area contributed by atoms with Gasteiger partial charge in [0.25, 0.3) is 15.9 Å². The lowest BCUT2D eigenvalue weighted by Gasteiger charge is -2.28. The van der Waals surface area contributed by atoms with Crippen molar-refractivity contribution in [2.45, 2.75) is 24.8 Å². The number of fused-ring (bicyclic) bond motifs is 1. The van der Waals surface area contributed by atoms with Crippen molar-refractivity contribution in [3.63, 3.8) is 0 Å². The minimum absolute atomic E-state index is 0.107. The Morgan fingerprint density at radius 3 is 2.72 bits per heavy atom. The molecule has 4 rings (SSSR count). The van der Waals surface area contributed by atoms with E-state index >= 15 is 0 Å². The summed E-state index contributed by atoms with van der Waals surface area (Å²) in [4.78, 5) is 14.1. The van der Waals surface area contributed by atoms with Gasteiger partial charge in [0.15, 0.2) is 5.76 Å². The van der Waals surface area contributed by atoms with E-state index in [1.807, 2.05) is 6.07 Å². The van der Waals surface area contributed by atoms with Crippen LogP contribution in [-0.4, -0.2) is 25.8 Å². The van der Waals surface area contributed by atoms with E-state index in [0.29, 0.717) is 30.8 Å². The van der Waals surface area contributed by atoms with Gasteiger partial charge in [-0.1, -0.05) is 12.1 Å². The molecule has 0 atom stereocenters. The van der Waals surface area contributed by atoms with Gasteiger partial charge in [0.05, 0.1) is 11.2 Å². The van der Waals surface area contributed by atoms with Crippen LogP contribution in [0.4, 0.5) is 10.1 Å². The zero-order chi connectivity index (χ0) is 20.6. The molecule has 2 aromatic carbocycles. The first-order chi connectivity index (χ1) is 13.8. The highest BCUT2D eigenvalue weighted by Gasteiger charge is 2.24. The van der Waals surface area contributed by atoms with E-state index in [9.17, 15) is 17.6 Å². The predicted molar refractivity (Wildman–Crippen MR) is 106 cm³/mol. The maximum absolute atomic E-state index is 13.5. The smallest absolute Gasteiger partial charge is 0.289 e. The van der Waals surface area contributed by atoms with Gasteiger partial charge >= 0.3 is 0 Å². The first kappa shape index (κ1) is 19.2. The number of benzene rings is 2. The molecule has 3 aromatic rings. The molecule has 0 saturated heterocycles. The second kappa shape index (κ2) is 7.36. The highest BCUT2D eigenvalue weighted by molar-refractivity contribution is 7.92. The van der Waals surface area contributed by atoms with Crippen LogP contribution in [-0.2, 0) is 23.0 Å². The highest BCUT2D eigenvalue weighted by Crippen LogP contribution is 2.26. The number of amides is 1. The van der Waals surface area contributed by atoms with Crippen LogP contribution in [0, 0.1) is 12.7 Å². The fourth-order valence-electron chi connectivity index (χ4n) is 3.42. The zero-order valence-electron chi connectivity index (χ0n) is 15.7. The number of rotatable bonds is 4. The van der Waals surface area contributed by atoms with E-state index < -0.39 is 15.8 Å². The summed E-state index contributed by atoms with van der Waals surface area (Å²) in [6.07, 6.45) is 2.12. The number of hydrogen-bond donors (Lipinski definition) is 1. The molecule has 150 valence electrons. The third kappa shape index (κ3) is 3.88. The summed E-state index contributed by atoms with van der Waals surface area (Å²) >= 11 is 0. The summed E-state index contributed by atoms with van der Waals surface area (Å²) in [6.45, 7) is 2.52. The summed E-state index contributed by atoms with van der Waals surface area (Å²) in [7, 11) is -3.94. The lowest BCUT2D eigenvalue weighted by Crippen LogP contribution is -2.35. The Bertz CT molecular complexity index is 1170. The summed E-state index contributed by atoms with van der Waals surface area (Å²) in [5, 5.41) is 0. The van der Waals surface area contributed by atoms with Gasteiger partial charge in [0, 0.05) is 18.8 Å². The summed E-state index contributed by atoms with van der Waals surface area (Å²) in [6, 6.07) is 12.2. The van der Waals surface area contributed by atoms with Crippen LogP contribution in [0.1, 0.15) is 27.2 Å². The molecule has 0 unspecified atom stereocenters. The Balaban J connectivity index is 1.58. The lowest BCUT2D eigenvalue weighted by atomic mass is 9.99. The van der Waals surface area contributed by atoms with Crippen LogP contribution in [0.5, 0.6) is 0 Å². The third-order valence-electron chi connectivity index (χ3n) is 4.93. The van der Waals surface area contributed by atoms with Crippen molar-refractivity contribution in [2.24, 2.45) is 0 Å². The molecule has 0 saturated carbocycles. The van der Waals surface area contributed by atoms with Crippen molar-refractivity contribution in [1.82, 2.24) is 4.90 Å². The minimum atomic E-state index is -3.94. The Kier molecular flexibility index (Phi) is 4.87. The molecule has 1 amide bonds. The van der Waals surface area contributed by atoms with Gasteiger partial charge in [0.2, 0.25) is 0 Å². The minimum Gasteiger partial charge on any atom is -0.459 e. The number of anilines is 1. The number of furan rings is 1. The van der Waals surface area contributed by atoms with Crippen LogP contribution >= 0.6 is 0 Å². The molecule has 1 aromatic heterocycles. The Morgan fingerprint density at radius 1 is 1.14 bits per heavy atom. The van der Waals surface area contributed by atoms with Crippen molar-refractivity contribution < 1.29 is 22.0 Å². The van der Waals surface area contributed by atoms with Gasteiger partial charge in [-0.25, -0.2) is 12.8 Å². The maximum atomic E-state index is 13.5. The van der Waals surface area contributed by atoms with Gasteiger partial charge in [-0.2, -0.15) is 0 Å². The molecule has 6 nitrogen and oxygen atoms in total. The molecule has 0 spiro atoms. The number of nitrogens with zero attached hydrogens (tertiary/aromatic N) is 1. The number of hydrogen-bond acceptors (Lipinski definition) is 4. The molecule has 29 heavy (non-hydrogen) atoms. The van der Waals surface area contributed by atoms with Crippen LogP contribution in [0.3, 0.4) is 0 Å². The zero-order valence-corrected chi connectivity index (χ0v) is 16.5. The normalized spacial score (nSPS) is 13.8. The third-order valence-corrected chi connectivity index (χ3v) is 6.45. The van der Waals surface area contributed by atoms with Gasteiger partial charge in [-0.05, 0) is 66.4 Å². The second-order valence-corrected chi connectivity index (χ2v) is 8.60. The molecule has 0 aliphatic carbocycles. The maximum Gasteiger partial charge on any atom is 0.289 e. The molecule has 8 heteroatoms. The average molecular weight is 414 g/mol. The molecule has 2 heterocycles. The first-order valence-corrected chi connectivity index (χ1v) is 10.6. The first-order valence-electron chi connectivity index (χ1n) is 9.07. The molecular formula is C21H19FN2O4S. The lowest BCUT2D eigenvalue weighted by molar-refractivity contribution is 0.0702. The van der Waals surface area contributed by atoms with Crippen molar-refractivity contribution in [3.8, 4) is 0 Å². The molecular weight excluding hydrogens is 395 g/mol. The van der Waals surface area contributed by atoms with E-state index in [2.05, 4.69) is 4.72 Å². The Hall–Kier alpha value is -3.13. The molecule has 0 fully saturated rings.